The standard InChI is InChI=1S/C26H23N5O6S/c1-15-12-16(13-19(23(15)32)25-28-20-4-2-3-5-22(20)37-25)27-26(38)29-24(33)18-14-17(31(34)35)6-7-21(18)30-8-10-36-11-9-30/h2-7,12-14,32H,8-11H2,1H3,(H2,27,29,33,38). The van der Waals surface area contributed by atoms with Crippen molar-refractivity contribution in [1.29, 1.82) is 0 Å². The molecule has 1 aliphatic rings. The number of carbonyl (C=O) groups is 1. The SMILES string of the molecule is Cc1cc(NC(=S)NC(=O)c2cc([N+](=O)[O-])ccc2N2CCOCC2)cc(-c2nc3ccccc3o2)c1O. The third kappa shape index (κ3) is 5.12. The molecule has 1 amide bonds. The Kier molecular flexibility index (Phi) is 6.90. The van der Waals surface area contributed by atoms with Crippen LogP contribution < -0.4 is 15.5 Å². The lowest BCUT2D eigenvalue weighted by Crippen LogP contribution is -2.39. The van der Waals surface area contributed by atoms with Crippen molar-refractivity contribution in [2.75, 3.05) is 36.5 Å². The molecule has 38 heavy (non-hydrogen) atoms. The molecule has 1 aliphatic heterocycles. The third-order valence-electron chi connectivity index (χ3n) is 6.10. The van der Waals surface area contributed by atoms with Gasteiger partial charge < -0.3 is 24.5 Å². The van der Waals surface area contributed by atoms with E-state index in [1.807, 2.05) is 17.0 Å². The number of phenols is 1. The van der Waals surface area contributed by atoms with Crippen LogP contribution in [0.3, 0.4) is 0 Å². The molecular formula is C26H23N5O6S. The van der Waals surface area contributed by atoms with Gasteiger partial charge in [0.1, 0.15) is 11.3 Å². The lowest BCUT2D eigenvalue weighted by atomic mass is 10.1. The van der Waals surface area contributed by atoms with Crippen molar-refractivity contribution in [3.05, 3.63) is 75.8 Å². The zero-order chi connectivity index (χ0) is 26.8. The van der Waals surface area contributed by atoms with Gasteiger partial charge in [-0.3, -0.25) is 20.2 Å². The predicted molar refractivity (Wildman–Crippen MR) is 146 cm³/mol. The van der Waals surface area contributed by atoms with Crippen molar-refractivity contribution < 1.29 is 24.0 Å². The number of nitrogens with zero attached hydrogens (tertiary/aromatic N) is 3. The Bertz CT molecular complexity index is 1530. The highest BCUT2D eigenvalue weighted by molar-refractivity contribution is 7.80. The average molecular weight is 534 g/mol. The van der Waals surface area contributed by atoms with Gasteiger partial charge in [0, 0.05) is 30.9 Å². The Morgan fingerprint density at radius 2 is 1.92 bits per heavy atom. The predicted octanol–water partition coefficient (Wildman–Crippen LogP) is 4.38. The fraction of sp³-hybridized carbons (Fsp3) is 0.192. The molecule has 0 spiro atoms. The number of carbonyl (C=O) groups excluding carboxylic acids is 1. The van der Waals surface area contributed by atoms with E-state index in [2.05, 4.69) is 15.6 Å². The first-order valence-corrected chi connectivity index (χ1v) is 12.1. The summed E-state index contributed by atoms with van der Waals surface area (Å²) < 4.78 is 11.2. The van der Waals surface area contributed by atoms with Crippen molar-refractivity contribution in [2.45, 2.75) is 6.92 Å². The number of fused-ring (bicyclic) bond motifs is 1. The summed E-state index contributed by atoms with van der Waals surface area (Å²) in [5.74, 6) is -0.358. The van der Waals surface area contributed by atoms with Crippen LogP contribution in [0.2, 0.25) is 0 Å². The monoisotopic (exact) mass is 533 g/mol. The van der Waals surface area contributed by atoms with Gasteiger partial charge in [0.05, 0.1) is 35.0 Å². The van der Waals surface area contributed by atoms with Gasteiger partial charge in [-0.25, -0.2) is 4.98 Å². The number of hydrogen-bond acceptors (Lipinski definition) is 9. The van der Waals surface area contributed by atoms with E-state index in [4.69, 9.17) is 21.4 Å². The second-order valence-corrected chi connectivity index (χ2v) is 9.05. The molecule has 2 heterocycles. The largest absolute Gasteiger partial charge is 0.507 e. The van der Waals surface area contributed by atoms with Gasteiger partial charge in [-0.1, -0.05) is 12.1 Å². The van der Waals surface area contributed by atoms with Crippen LogP contribution in [0.1, 0.15) is 15.9 Å². The Morgan fingerprint density at radius 1 is 1.16 bits per heavy atom. The summed E-state index contributed by atoms with van der Waals surface area (Å²) in [5, 5.41) is 27.5. The number of benzene rings is 3. The molecule has 0 unspecified atom stereocenters. The van der Waals surface area contributed by atoms with Crippen LogP contribution in [0.25, 0.3) is 22.6 Å². The molecule has 4 aromatic rings. The van der Waals surface area contributed by atoms with Crippen molar-refractivity contribution in [3.63, 3.8) is 0 Å². The molecule has 12 heteroatoms. The van der Waals surface area contributed by atoms with Gasteiger partial charge in [-0.05, 0) is 55.0 Å². The highest BCUT2D eigenvalue weighted by Crippen LogP contribution is 2.36. The number of morpholine rings is 1. The number of nitrogens with one attached hydrogen (secondary N) is 2. The topological polar surface area (TPSA) is 143 Å². The van der Waals surface area contributed by atoms with Crippen molar-refractivity contribution in [2.24, 2.45) is 0 Å². The maximum absolute atomic E-state index is 13.2. The highest BCUT2D eigenvalue weighted by atomic mass is 32.1. The third-order valence-corrected chi connectivity index (χ3v) is 6.30. The fourth-order valence-corrected chi connectivity index (χ4v) is 4.44. The van der Waals surface area contributed by atoms with Crippen LogP contribution in [0.15, 0.2) is 59.0 Å². The number of rotatable bonds is 5. The smallest absolute Gasteiger partial charge is 0.270 e. The second kappa shape index (κ2) is 10.4. The Labute approximate surface area is 222 Å². The van der Waals surface area contributed by atoms with E-state index < -0.39 is 10.8 Å². The lowest BCUT2D eigenvalue weighted by molar-refractivity contribution is -0.384. The molecular weight excluding hydrogens is 510 g/mol. The molecule has 1 saturated heterocycles. The molecule has 1 aromatic heterocycles. The molecule has 3 N–H and O–H groups in total. The quantitative estimate of drug-likeness (QED) is 0.146. The van der Waals surface area contributed by atoms with Gasteiger partial charge in [-0.2, -0.15) is 0 Å². The van der Waals surface area contributed by atoms with Crippen LogP contribution in [0, 0.1) is 17.0 Å². The summed E-state index contributed by atoms with van der Waals surface area (Å²) >= 11 is 5.37. The van der Waals surface area contributed by atoms with E-state index in [9.17, 15) is 20.0 Å². The summed E-state index contributed by atoms with van der Waals surface area (Å²) in [6, 6.07) is 14.7. The van der Waals surface area contributed by atoms with Gasteiger partial charge in [0.15, 0.2) is 10.7 Å². The number of aromatic nitrogens is 1. The van der Waals surface area contributed by atoms with Crippen molar-refractivity contribution in [3.8, 4) is 17.2 Å². The van der Waals surface area contributed by atoms with Crippen LogP contribution in [-0.2, 0) is 4.74 Å². The summed E-state index contributed by atoms with van der Waals surface area (Å²) in [5.41, 5.74) is 3.07. The molecule has 3 aromatic carbocycles. The summed E-state index contributed by atoms with van der Waals surface area (Å²) in [4.78, 5) is 30.4. The zero-order valence-electron chi connectivity index (χ0n) is 20.3. The van der Waals surface area contributed by atoms with Gasteiger partial charge in [0.2, 0.25) is 5.89 Å². The van der Waals surface area contributed by atoms with E-state index in [0.717, 1.165) is 0 Å². The highest BCUT2D eigenvalue weighted by Gasteiger charge is 2.23. The number of amides is 1. The van der Waals surface area contributed by atoms with E-state index in [0.29, 0.717) is 59.9 Å². The zero-order valence-corrected chi connectivity index (χ0v) is 21.1. The number of aromatic hydroxyl groups is 1. The van der Waals surface area contributed by atoms with E-state index in [-0.39, 0.29) is 28.0 Å². The maximum atomic E-state index is 13.2. The second-order valence-electron chi connectivity index (χ2n) is 8.64. The minimum absolute atomic E-state index is 0.00353. The normalized spacial score (nSPS) is 13.3. The molecule has 0 radical (unpaired) electrons. The van der Waals surface area contributed by atoms with Crippen molar-refractivity contribution >= 4 is 51.4 Å². The number of thiocarbonyl (C=S) groups is 1. The van der Waals surface area contributed by atoms with E-state index in [1.54, 1.807) is 37.3 Å². The molecule has 0 atom stereocenters. The molecule has 5 rings (SSSR count). The maximum Gasteiger partial charge on any atom is 0.270 e. The van der Waals surface area contributed by atoms with Crippen molar-refractivity contribution in [1.82, 2.24) is 10.3 Å². The number of aryl methyl sites for hydroxylation is 1. The van der Waals surface area contributed by atoms with Gasteiger partial charge in [0.25, 0.3) is 11.6 Å². The first-order chi connectivity index (χ1) is 18.3. The molecule has 0 bridgehead atoms. The number of anilines is 2. The number of hydrogen-bond donors (Lipinski definition) is 3. The molecule has 0 aliphatic carbocycles. The Morgan fingerprint density at radius 3 is 2.66 bits per heavy atom. The minimum Gasteiger partial charge on any atom is -0.507 e. The molecule has 0 saturated carbocycles. The average Bonchev–Trinajstić information content (AvgIpc) is 3.35. The lowest BCUT2D eigenvalue weighted by Gasteiger charge is -2.30. The van der Waals surface area contributed by atoms with Gasteiger partial charge in [-0.15, -0.1) is 0 Å². The number of nitro groups is 1. The van der Waals surface area contributed by atoms with E-state index in [1.165, 1.54) is 12.1 Å². The Hall–Kier alpha value is -4.55. The number of non-ortho nitro benzene ring substituents is 1. The number of para-hydroxylation sites is 2. The number of phenolic OH excluding ortho intramolecular Hbond substituents is 1. The molecule has 1 fully saturated rings. The molecule has 194 valence electrons. The minimum atomic E-state index is -0.595. The van der Waals surface area contributed by atoms with Crippen LogP contribution in [0.4, 0.5) is 17.1 Å². The number of nitro benzene ring substituents is 1. The number of ether oxygens (including phenoxy) is 1. The first-order valence-electron chi connectivity index (χ1n) is 11.7. The van der Waals surface area contributed by atoms with Crippen LogP contribution in [-0.4, -0.2) is 52.3 Å². The Balaban J connectivity index is 1.38. The van der Waals surface area contributed by atoms with E-state index >= 15 is 0 Å². The van der Waals surface area contributed by atoms with Gasteiger partial charge >= 0.3 is 0 Å². The van der Waals surface area contributed by atoms with Crippen LogP contribution >= 0.6 is 12.2 Å². The summed E-state index contributed by atoms with van der Waals surface area (Å²) in [6.07, 6.45) is 0. The molecule has 11 nitrogen and oxygen atoms in total. The fourth-order valence-electron chi connectivity index (χ4n) is 4.23. The first kappa shape index (κ1) is 25.1. The van der Waals surface area contributed by atoms with Crippen LogP contribution in [0.5, 0.6) is 5.75 Å². The number of oxazole rings is 1. The summed E-state index contributed by atoms with van der Waals surface area (Å²) in [6.45, 7) is 3.78. The summed E-state index contributed by atoms with van der Waals surface area (Å²) in [7, 11) is 0.